The van der Waals surface area contributed by atoms with Gasteiger partial charge < -0.3 is 10.1 Å². The molecule has 2 aromatic carbocycles. The van der Waals surface area contributed by atoms with Crippen molar-refractivity contribution in [2.24, 2.45) is 0 Å². The molecule has 3 rings (SSSR count). The lowest BCUT2D eigenvalue weighted by Crippen LogP contribution is -2.20. The highest BCUT2D eigenvalue weighted by molar-refractivity contribution is 6.31. The van der Waals surface area contributed by atoms with Crippen LogP contribution < -0.4 is 5.32 Å². The Bertz CT molecular complexity index is 1060. The van der Waals surface area contributed by atoms with Crippen molar-refractivity contribution in [1.29, 1.82) is 0 Å². The number of ether oxygens (including phenoxy) is 1. The molecule has 0 aliphatic heterocycles. The van der Waals surface area contributed by atoms with Crippen molar-refractivity contribution in [3.8, 4) is 0 Å². The molecule has 0 saturated heterocycles. The van der Waals surface area contributed by atoms with E-state index >= 15 is 0 Å². The predicted molar refractivity (Wildman–Crippen MR) is 117 cm³/mol. The zero-order valence-electron chi connectivity index (χ0n) is 16.8. The highest BCUT2D eigenvalue weighted by Crippen LogP contribution is 2.22. The third kappa shape index (κ3) is 5.81. The average Bonchev–Trinajstić information content (AvgIpc) is 3.00. The monoisotopic (exact) mass is 423 g/mol. The third-order valence-corrected chi connectivity index (χ3v) is 4.75. The van der Waals surface area contributed by atoms with Gasteiger partial charge in [-0.2, -0.15) is 5.10 Å². The van der Waals surface area contributed by atoms with Gasteiger partial charge in [0.05, 0.1) is 12.2 Å². The summed E-state index contributed by atoms with van der Waals surface area (Å²) in [5.74, 6) is -1.05. The van der Waals surface area contributed by atoms with E-state index in [2.05, 4.69) is 10.4 Å². The van der Waals surface area contributed by atoms with Gasteiger partial charge in [-0.1, -0.05) is 59.6 Å². The van der Waals surface area contributed by atoms with Gasteiger partial charge in [-0.3, -0.25) is 4.79 Å². The van der Waals surface area contributed by atoms with E-state index in [1.54, 1.807) is 22.9 Å². The minimum atomic E-state index is -0.639. The molecule has 30 heavy (non-hydrogen) atoms. The molecule has 0 saturated carbocycles. The maximum absolute atomic E-state index is 12.0. The molecule has 0 unspecified atom stereocenters. The Morgan fingerprint density at radius 3 is 2.50 bits per heavy atom. The maximum atomic E-state index is 12.0. The van der Waals surface area contributed by atoms with Crippen LogP contribution in [0.4, 0.5) is 5.69 Å². The van der Waals surface area contributed by atoms with Crippen LogP contribution in [0.5, 0.6) is 0 Å². The minimum absolute atomic E-state index is 0.378. The molecule has 0 fully saturated rings. The first-order valence-corrected chi connectivity index (χ1v) is 9.78. The average molecular weight is 424 g/mol. The van der Waals surface area contributed by atoms with Gasteiger partial charge in [-0.15, -0.1) is 0 Å². The van der Waals surface area contributed by atoms with E-state index in [1.165, 1.54) is 6.08 Å². The molecule has 1 aromatic heterocycles. The number of esters is 1. The van der Waals surface area contributed by atoms with E-state index in [-0.39, 0.29) is 6.61 Å². The first kappa shape index (κ1) is 21.3. The number of carbonyl (C=O) groups excluding carboxylic acids is 2. The fourth-order valence-electron chi connectivity index (χ4n) is 2.79. The summed E-state index contributed by atoms with van der Waals surface area (Å²) in [5, 5.41) is 7.52. The molecule has 154 valence electrons. The molecule has 0 radical (unpaired) electrons. The molecule has 7 heteroatoms. The van der Waals surface area contributed by atoms with Crippen molar-refractivity contribution in [3.05, 3.63) is 88.2 Å². The molecule has 0 aliphatic carbocycles. The van der Waals surface area contributed by atoms with Gasteiger partial charge in [0.25, 0.3) is 5.91 Å². The normalized spacial score (nSPS) is 10.9. The topological polar surface area (TPSA) is 73.2 Å². The van der Waals surface area contributed by atoms with Crippen LogP contribution in [-0.4, -0.2) is 28.3 Å². The van der Waals surface area contributed by atoms with E-state index in [4.69, 9.17) is 16.3 Å². The molecule has 3 aromatic rings. The molecule has 0 atom stereocenters. The number of hydrogen-bond acceptors (Lipinski definition) is 4. The van der Waals surface area contributed by atoms with Gasteiger partial charge >= 0.3 is 5.97 Å². The minimum Gasteiger partial charge on any atom is -0.452 e. The number of aromatic nitrogens is 2. The van der Waals surface area contributed by atoms with Crippen LogP contribution >= 0.6 is 11.6 Å². The Morgan fingerprint density at radius 1 is 1.10 bits per heavy atom. The van der Waals surface area contributed by atoms with Crippen LogP contribution in [0, 0.1) is 13.8 Å². The van der Waals surface area contributed by atoms with Crippen molar-refractivity contribution >= 4 is 35.2 Å². The molecule has 0 aliphatic rings. The summed E-state index contributed by atoms with van der Waals surface area (Å²) in [7, 11) is 0. The lowest BCUT2D eigenvalue weighted by molar-refractivity contribution is -0.142. The highest BCUT2D eigenvalue weighted by Gasteiger charge is 2.12. The van der Waals surface area contributed by atoms with Crippen LogP contribution in [0.3, 0.4) is 0 Å². The van der Waals surface area contributed by atoms with E-state index in [0.29, 0.717) is 28.6 Å². The highest BCUT2D eigenvalue weighted by atomic mass is 35.5. The van der Waals surface area contributed by atoms with Gasteiger partial charge in [-0.25, -0.2) is 9.48 Å². The summed E-state index contributed by atoms with van der Waals surface area (Å²) in [6.07, 6.45) is 2.79. The summed E-state index contributed by atoms with van der Waals surface area (Å²) in [4.78, 5) is 23.9. The number of benzene rings is 2. The Kier molecular flexibility index (Phi) is 7.03. The second kappa shape index (κ2) is 9.89. The standard InChI is InChI=1S/C23H22ClN3O3/c1-16-8-10-19(11-9-16)25-21(28)15-30-22(29)13-12-20-17(2)26-27(23(20)24)14-18-6-4-3-5-7-18/h3-13H,14-15H2,1-2H3,(H,25,28)/b13-12+. The van der Waals surface area contributed by atoms with Crippen LogP contribution in [0.1, 0.15) is 22.4 Å². The van der Waals surface area contributed by atoms with Crippen molar-refractivity contribution in [2.75, 3.05) is 11.9 Å². The SMILES string of the molecule is Cc1ccc(NC(=O)COC(=O)/C=C/c2c(C)nn(Cc3ccccc3)c2Cl)cc1. The number of rotatable bonds is 7. The Morgan fingerprint density at radius 2 is 1.80 bits per heavy atom. The quantitative estimate of drug-likeness (QED) is 0.451. The number of carbonyl (C=O) groups is 2. The molecule has 0 spiro atoms. The number of amides is 1. The smallest absolute Gasteiger partial charge is 0.331 e. The zero-order valence-corrected chi connectivity index (χ0v) is 17.5. The molecular formula is C23H22ClN3O3. The summed E-state index contributed by atoms with van der Waals surface area (Å²) in [6, 6.07) is 17.2. The number of aryl methyl sites for hydroxylation is 2. The van der Waals surface area contributed by atoms with Gasteiger partial charge in [-0.05, 0) is 37.6 Å². The zero-order chi connectivity index (χ0) is 21.5. The lowest BCUT2D eigenvalue weighted by atomic mass is 10.2. The summed E-state index contributed by atoms with van der Waals surface area (Å²) in [6.45, 7) is 3.92. The molecule has 0 bridgehead atoms. The van der Waals surface area contributed by atoms with Crippen molar-refractivity contribution in [2.45, 2.75) is 20.4 Å². The van der Waals surface area contributed by atoms with Gasteiger partial charge in [0.15, 0.2) is 6.61 Å². The van der Waals surface area contributed by atoms with E-state index in [0.717, 1.165) is 11.1 Å². The van der Waals surface area contributed by atoms with E-state index in [9.17, 15) is 9.59 Å². The Balaban J connectivity index is 1.55. The first-order valence-electron chi connectivity index (χ1n) is 9.40. The fourth-order valence-corrected chi connectivity index (χ4v) is 3.09. The van der Waals surface area contributed by atoms with E-state index in [1.807, 2.05) is 56.3 Å². The number of nitrogens with zero attached hydrogens (tertiary/aromatic N) is 2. The van der Waals surface area contributed by atoms with Crippen LogP contribution in [-0.2, 0) is 20.9 Å². The molecular weight excluding hydrogens is 402 g/mol. The molecule has 6 nitrogen and oxygen atoms in total. The van der Waals surface area contributed by atoms with Crippen LogP contribution in [0.2, 0.25) is 5.15 Å². The maximum Gasteiger partial charge on any atom is 0.331 e. The first-order chi connectivity index (χ1) is 14.4. The van der Waals surface area contributed by atoms with Gasteiger partial charge in [0, 0.05) is 17.3 Å². The van der Waals surface area contributed by atoms with Crippen LogP contribution in [0.25, 0.3) is 6.08 Å². The summed E-state index contributed by atoms with van der Waals surface area (Å²) >= 11 is 6.42. The lowest BCUT2D eigenvalue weighted by Gasteiger charge is -2.05. The summed E-state index contributed by atoms with van der Waals surface area (Å²) in [5.41, 5.74) is 4.12. The fraction of sp³-hybridized carbons (Fsp3) is 0.174. The van der Waals surface area contributed by atoms with Crippen molar-refractivity contribution < 1.29 is 14.3 Å². The molecule has 1 amide bonds. The molecule has 1 heterocycles. The molecule has 1 N–H and O–H groups in total. The number of halogens is 1. The van der Waals surface area contributed by atoms with Crippen molar-refractivity contribution in [1.82, 2.24) is 9.78 Å². The van der Waals surface area contributed by atoms with Gasteiger partial charge in [0.2, 0.25) is 0 Å². The number of anilines is 1. The second-order valence-electron chi connectivity index (χ2n) is 6.79. The van der Waals surface area contributed by atoms with Crippen molar-refractivity contribution in [3.63, 3.8) is 0 Å². The largest absolute Gasteiger partial charge is 0.452 e. The third-order valence-electron chi connectivity index (χ3n) is 4.35. The Hall–Kier alpha value is -3.38. The Labute approximate surface area is 180 Å². The summed E-state index contributed by atoms with van der Waals surface area (Å²) < 4.78 is 6.67. The van der Waals surface area contributed by atoms with Gasteiger partial charge in [0.1, 0.15) is 5.15 Å². The predicted octanol–water partition coefficient (Wildman–Crippen LogP) is 4.40. The van der Waals surface area contributed by atoms with Crippen LogP contribution in [0.15, 0.2) is 60.7 Å². The van der Waals surface area contributed by atoms with E-state index < -0.39 is 11.9 Å². The number of hydrogen-bond donors (Lipinski definition) is 1. The second-order valence-corrected chi connectivity index (χ2v) is 7.15. The number of nitrogens with one attached hydrogen (secondary N) is 1.